The summed E-state index contributed by atoms with van der Waals surface area (Å²) in [6.07, 6.45) is 3.71. The fourth-order valence-corrected chi connectivity index (χ4v) is 2.56. The molecule has 1 atom stereocenters. The van der Waals surface area contributed by atoms with Crippen LogP contribution in [0.15, 0.2) is 0 Å². The van der Waals surface area contributed by atoms with E-state index >= 15 is 0 Å². The molecule has 3 heteroatoms. The van der Waals surface area contributed by atoms with E-state index in [4.69, 9.17) is 0 Å². The first-order chi connectivity index (χ1) is 7.94. The van der Waals surface area contributed by atoms with Gasteiger partial charge in [-0.3, -0.25) is 4.90 Å². The standard InChI is InChI=1S/C14H30N2O/c1-12(2)15-10-14(3,4)11-16-8-6-5-7-13(16)9-17/h12-13,15,17H,5-11H2,1-4H3. The van der Waals surface area contributed by atoms with Crippen LogP contribution in [0.5, 0.6) is 0 Å². The summed E-state index contributed by atoms with van der Waals surface area (Å²) in [5, 5.41) is 12.9. The van der Waals surface area contributed by atoms with Crippen LogP contribution in [0.4, 0.5) is 0 Å². The van der Waals surface area contributed by atoms with Crippen molar-refractivity contribution in [3.8, 4) is 0 Å². The Morgan fingerprint density at radius 1 is 1.35 bits per heavy atom. The molecule has 0 spiro atoms. The Hall–Kier alpha value is -0.120. The lowest BCUT2D eigenvalue weighted by Crippen LogP contribution is -2.49. The maximum Gasteiger partial charge on any atom is 0.0586 e. The van der Waals surface area contributed by atoms with Gasteiger partial charge in [-0.25, -0.2) is 0 Å². The van der Waals surface area contributed by atoms with E-state index in [0.717, 1.165) is 26.1 Å². The van der Waals surface area contributed by atoms with Gasteiger partial charge in [-0.2, -0.15) is 0 Å². The van der Waals surface area contributed by atoms with Crippen LogP contribution in [0, 0.1) is 5.41 Å². The highest BCUT2D eigenvalue weighted by molar-refractivity contribution is 4.83. The van der Waals surface area contributed by atoms with Crippen molar-refractivity contribution in [1.29, 1.82) is 0 Å². The number of aliphatic hydroxyl groups is 1. The Morgan fingerprint density at radius 3 is 2.65 bits per heavy atom. The second-order valence-corrected chi connectivity index (χ2v) is 6.50. The van der Waals surface area contributed by atoms with Gasteiger partial charge >= 0.3 is 0 Å². The van der Waals surface area contributed by atoms with Gasteiger partial charge in [-0.05, 0) is 24.8 Å². The molecule has 102 valence electrons. The van der Waals surface area contributed by atoms with Crippen LogP contribution in [0.3, 0.4) is 0 Å². The number of hydrogen-bond donors (Lipinski definition) is 2. The zero-order valence-electron chi connectivity index (χ0n) is 12.0. The van der Waals surface area contributed by atoms with Gasteiger partial charge in [0.25, 0.3) is 0 Å². The third-order valence-electron chi connectivity index (χ3n) is 3.58. The second kappa shape index (κ2) is 6.72. The highest BCUT2D eigenvalue weighted by Crippen LogP contribution is 2.23. The molecule has 1 unspecified atom stereocenters. The number of nitrogens with zero attached hydrogens (tertiary/aromatic N) is 1. The molecule has 1 aliphatic rings. The molecule has 0 aromatic carbocycles. The number of piperidine rings is 1. The number of aliphatic hydroxyl groups excluding tert-OH is 1. The van der Waals surface area contributed by atoms with Crippen LogP contribution in [0.25, 0.3) is 0 Å². The zero-order valence-corrected chi connectivity index (χ0v) is 12.0. The smallest absolute Gasteiger partial charge is 0.0586 e. The van der Waals surface area contributed by atoms with Crippen molar-refractivity contribution in [1.82, 2.24) is 10.2 Å². The minimum Gasteiger partial charge on any atom is -0.395 e. The molecule has 0 aromatic rings. The number of hydrogen-bond acceptors (Lipinski definition) is 3. The van der Waals surface area contributed by atoms with Gasteiger partial charge in [-0.1, -0.05) is 34.1 Å². The van der Waals surface area contributed by atoms with E-state index in [1.165, 1.54) is 12.8 Å². The van der Waals surface area contributed by atoms with Gasteiger partial charge < -0.3 is 10.4 Å². The van der Waals surface area contributed by atoms with E-state index in [1.54, 1.807) is 0 Å². The summed E-state index contributed by atoms with van der Waals surface area (Å²) in [4.78, 5) is 2.48. The van der Waals surface area contributed by atoms with Crippen LogP contribution in [-0.4, -0.2) is 48.3 Å². The molecule has 1 aliphatic heterocycles. The Kier molecular flexibility index (Phi) is 5.90. The fraction of sp³-hybridized carbons (Fsp3) is 1.00. The van der Waals surface area contributed by atoms with Crippen LogP contribution >= 0.6 is 0 Å². The lowest BCUT2D eigenvalue weighted by Gasteiger charge is -2.40. The summed E-state index contributed by atoms with van der Waals surface area (Å²) in [5.41, 5.74) is 0.273. The maximum atomic E-state index is 9.42. The average Bonchev–Trinajstić information content (AvgIpc) is 2.27. The predicted molar refractivity (Wildman–Crippen MR) is 73.2 cm³/mol. The minimum absolute atomic E-state index is 0.273. The van der Waals surface area contributed by atoms with Crippen molar-refractivity contribution in [2.75, 3.05) is 26.2 Å². The normalized spacial score (nSPS) is 23.3. The summed E-state index contributed by atoms with van der Waals surface area (Å²) in [6, 6.07) is 0.936. The molecule has 0 aliphatic carbocycles. The van der Waals surface area contributed by atoms with Crippen molar-refractivity contribution >= 4 is 0 Å². The minimum atomic E-state index is 0.273. The molecule has 0 radical (unpaired) electrons. The van der Waals surface area contributed by atoms with Crippen molar-refractivity contribution in [3.05, 3.63) is 0 Å². The molecule has 17 heavy (non-hydrogen) atoms. The third-order valence-corrected chi connectivity index (χ3v) is 3.58. The summed E-state index contributed by atoms with van der Waals surface area (Å²) < 4.78 is 0. The molecular weight excluding hydrogens is 212 g/mol. The maximum absolute atomic E-state index is 9.42. The molecule has 1 heterocycles. The summed E-state index contributed by atoms with van der Waals surface area (Å²) in [5.74, 6) is 0. The van der Waals surface area contributed by atoms with E-state index in [-0.39, 0.29) is 5.41 Å². The second-order valence-electron chi connectivity index (χ2n) is 6.50. The average molecular weight is 242 g/mol. The van der Waals surface area contributed by atoms with Crippen LogP contribution in [-0.2, 0) is 0 Å². The predicted octanol–water partition coefficient (Wildman–Crippen LogP) is 1.86. The van der Waals surface area contributed by atoms with Gasteiger partial charge in [0, 0.05) is 25.2 Å². The Bertz CT molecular complexity index is 216. The van der Waals surface area contributed by atoms with E-state index in [2.05, 4.69) is 37.9 Å². The zero-order chi connectivity index (χ0) is 12.9. The first kappa shape index (κ1) is 14.9. The van der Waals surface area contributed by atoms with E-state index < -0.39 is 0 Å². The van der Waals surface area contributed by atoms with Gasteiger partial charge in [0.15, 0.2) is 0 Å². The van der Waals surface area contributed by atoms with E-state index in [1.807, 2.05) is 0 Å². The third kappa shape index (κ3) is 5.36. The molecule has 1 saturated heterocycles. The van der Waals surface area contributed by atoms with Crippen molar-refractivity contribution in [2.45, 2.75) is 59.0 Å². The van der Waals surface area contributed by atoms with Crippen molar-refractivity contribution in [2.24, 2.45) is 5.41 Å². The molecule has 1 rings (SSSR count). The lowest BCUT2D eigenvalue weighted by atomic mass is 9.90. The first-order valence-electron chi connectivity index (χ1n) is 7.03. The van der Waals surface area contributed by atoms with Gasteiger partial charge in [0.05, 0.1) is 6.61 Å². The summed E-state index contributed by atoms with van der Waals surface area (Å²) in [7, 11) is 0. The Morgan fingerprint density at radius 2 is 2.06 bits per heavy atom. The molecule has 2 N–H and O–H groups in total. The number of likely N-dealkylation sites (tertiary alicyclic amines) is 1. The van der Waals surface area contributed by atoms with Crippen LogP contribution in [0.1, 0.15) is 47.0 Å². The van der Waals surface area contributed by atoms with Gasteiger partial charge in [0.2, 0.25) is 0 Å². The Labute approximate surface area is 107 Å². The largest absolute Gasteiger partial charge is 0.395 e. The molecule has 0 saturated carbocycles. The number of nitrogens with one attached hydrogen (secondary N) is 1. The molecule has 0 aromatic heterocycles. The van der Waals surface area contributed by atoms with Gasteiger partial charge in [-0.15, -0.1) is 0 Å². The van der Waals surface area contributed by atoms with E-state index in [9.17, 15) is 5.11 Å². The monoisotopic (exact) mass is 242 g/mol. The lowest BCUT2D eigenvalue weighted by molar-refractivity contribution is 0.0571. The fourth-order valence-electron chi connectivity index (χ4n) is 2.56. The molecule has 0 bridgehead atoms. The summed E-state index contributed by atoms with van der Waals surface area (Å²) in [6.45, 7) is 12.6. The molecule has 3 nitrogen and oxygen atoms in total. The first-order valence-corrected chi connectivity index (χ1v) is 7.03. The quantitative estimate of drug-likeness (QED) is 0.746. The van der Waals surface area contributed by atoms with E-state index in [0.29, 0.717) is 18.7 Å². The van der Waals surface area contributed by atoms with Crippen LogP contribution < -0.4 is 5.32 Å². The highest BCUT2D eigenvalue weighted by Gasteiger charge is 2.28. The van der Waals surface area contributed by atoms with Crippen molar-refractivity contribution < 1.29 is 5.11 Å². The molecular formula is C14H30N2O. The highest BCUT2D eigenvalue weighted by atomic mass is 16.3. The topological polar surface area (TPSA) is 35.5 Å². The molecule has 0 amide bonds. The van der Waals surface area contributed by atoms with Crippen molar-refractivity contribution in [3.63, 3.8) is 0 Å². The molecule has 1 fully saturated rings. The van der Waals surface area contributed by atoms with Crippen LogP contribution in [0.2, 0.25) is 0 Å². The van der Waals surface area contributed by atoms with Gasteiger partial charge in [0.1, 0.15) is 0 Å². The number of rotatable bonds is 6. The summed E-state index contributed by atoms with van der Waals surface area (Å²) >= 11 is 0. The SMILES string of the molecule is CC(C)NCC(C)(C)CN1CCCCC1CO. The Balaban J connectivity index is 2.43.